The zero-order valence-electron chi connectivity index (χ0n) is 14.2. The Hall–Kier alpha value is -2.32. The lowest BCUT2D eigenvalue weighted by atomic mass is 10.2. The van der Waals surface area contributed by atoms with Gasteiger partial charge in [0, 0.05) is 20.7 Å². The maximum Gasteiger partial charge on any atom is 0.261 e. The molecule has 0 saturated carbocycles. The second-order valence-electron chi connectivity index (χ2n) is 6.11. The lowest BCUT2D eigenvalue weighted by Crippen LogP contribution is -2.30. The van der Waals surface area contributed by atoms with Gasteiger partial charge in [-0.05, 0) is 25.0 Å². The maximum absolute atomic E-state index is 12.7. The van der Waals surface area contributed by atoms with Crippen LogP contribution in [-0.2, 0) is 18.4 Å². The number of rotatable bonds is 4. The third-order valence-electron chi connectivity index (χ3n) is 4.54. The predicted molar refractivity (Wildman–Crippen MR) is 96.9 cm³/mol. The van der Waals surface area contributed by atoms with Crippen molar-refractivity contribution in [1.82, 2.24) is 19.7 Å². The standard InChI is InChI=1S/C17H19N5O2S/c1-21-15(18-12-7-4-3-6-11(12)16(21)23)13-8-5-9-22(13)17-20-19-14(25-17)10-24-2/h3-4,6-7,13H,5,8-10H2,1-2H3. The Morgan fingerprint density at radius 3 is 3.00 bits per heavy atom. The van der Waals surface area contributed by atoms with Crippen molar-refractivity contribution in [3.8, 4) is 0 Å². The quantitative estimate of drug-likeness (QED) is 0.713. The molecule has 1 aliphatic rings. The van der Waals surface area contributed by atoms with E-state index in [0.29, 0.717) is 12.0 Å². The van der Waals surface area contributed by atoms with Crippen LogP contribution in [0.1, 0.15) is 29.7 Å². The Balaban J connectivity index is 1.76. The minimum absolute atomic E-state index is 0.00946. The van der Waals surface area contributed by atoms with E-state index in [1.54, 1.807) is 18.7 Å². The smallest absolute Gasteiger partial charge is 0.261 e. The lowest BCUT2D eigenvalue weighted by molar-refractivity contribution is 0.184. The molecule has 7 nitrogen and oxygen atoms in total. The summed E-state index contributed by atoms with van der Waals surface area (Å²) in [5, 5.41) is 10.8. The summed E-state index contributed by atoms with van der Waals surface area (Å²) in [5.74, 6) is 0.782. The highest BCUT2D eigenvalue weighted by molar-refractivity contribution is 7.15. The van der Waals surface area contributed by atoms with Gasteiger partial charge in [-0.2, -0.15) is 0 Å². The monoisotopic (exact) mass is 357 g/mol. The van der Waals surface area contributed by atoms with Gasteiger partial charge in [-0.3, -0.25) is 9.36 Å². The molecule has 3 heterocycles. The van der Waals surface area contributed by atoms with E-state index in [-0.39, 0.29) is 11.6 Å². The molecule has 0 amide bonds. The van der Waals surface area contributed by atoms with E-state index in [0.717, 1.165) is 40.9 Å². The molecule has 1 unspecified atom stereocenters. The second-order valence-corrected chi connectivity index (χ2v) is 7.15. The van der Waals surface area contributed by atoms with Crippen LogP contribution in [0, 0.1) is 0 Å². The number of fused-ring (bicyclic) bond motifs is 1. The van der Waals surface area contributed by atoms with Crippen molar-refractivity contribution >= 4 is 27.4 Å². The van der Waals surface area contributed by atoms with E-state index in [1.807, 2.05) is 24.3 Å². The van der Waals surface area contributed by atoms with Gasteiger partial charge in [-0.25, -0.2) is 4.98 Å². The highest BCUT2D eigenvalue weighted by Gasteiger charge is 2.32. The molecule has 0 bridgehead atoms. The SMILES string of the molecule is COCc1nnc(N2CCCC2c2nc3ccccc3c(=O)n2C)s1. The zero-order valence-corrected chi connectivity index (χ0v) is 15.0. The number of hydrogen-bond acceptors (Lipinski definition) is 7. The molecular formula is C17H19N5O2S. The van der Waals surface area contributed by atoms with Gasteiger partial charge in [0.1, 0.15) is 17.4 Å². The molecule has 8 heteroatoms. The molecule has 1 aliphatic heterocycles. The van der Waals surface area contributed by atoms with Crippen LogP contribution in [0.3, 0.4) is 0 Å². The van der Waals surface area contributed by atoms with Gasteiger partial charge < -0.3 is 9.64 Å². The summed E-state index contributed by atoms with van der Waals surface area (Å²) < 4.78 is 6.80. The lowest BCUT2D eigenvalue weighted by Gasteiger charge is -2.24. The number of nitrogens with zero attached hydrogens (tertiary/aromatic N) is 5. The highest BCUT2D eigenvalue weighted by Crippen LogP contribution is 2.36. The third kappa shape index (κ3) is 2.81. The Bertz CT molecular complexity index is 967. The van der Waals surface area contributed by atoms with Gasteiger partial charge in [0.15, 0.2) is 0 Å². The van der Waals surface area contributed by atoms with Crippen LogP contribution in [0.4, 0.5) is 5.13 Å². The molecule has 0 spiro atoms. The average molecular weight is 357 g/mol. The van der Waals surface area contributed by atoms with Crippen LogP contribution in [0.15, 0.2) is 29.1 Å². The molecule has 3 aromatic rings. The first-order valence-corrected chi connectivity index (χ1v) is 9.04. The van der Waals surface area contributed by atoms with Gasteiger partial charge in [-0.15, -0.1) is 10.2 Å². The summed E-state index contributed by atoms with van der Waals surface area (Å²) in [6.45, 7) is 1.35. The molecule has 1 saturated heterocycles. The second kappa shape index (κ2) is 6.53. The summed E-state index contributed by atoms with van der Waals surface area (Å²) in [7, 11) is 3.44. The summed E-state index contributed by atoms with van der Waals surface area (Å²) in [4.78, 5) is 19.7. The van der Waals surface area contributed by atoms with E-state index in [1.165, 1.54) is 11.3 Å². The third-order valence-corrected chi connectivity index (χ3v) is 5.47. The fourth-order valence-corrected chi connectivity index (χ4v) is 4.23. The van der Waals surface area contributed by atoms with Crippen LogP contribution in [0.5, 0.6) is 0 Å². The Kier molecular flexibility index (Phi) is 4.22. The van der Waals surface area contributed by atoms with Crippen LogP contribution >= 0.6 is 11.3 Å². The van der Waals surface area contributed by atoms with E-state index in [4.69, 9.17) is 9.72 Å². The number of benzene rings is 1. The molecule has 1 aromatic carbocycles. The van der Waals surface area contributed by atoms with Crippen LogP contribution in [0.25, 0.3) is 10.9 Å². The molecule has 1 fully saturated rings. The fraction of sp³-hybridized carbons (Fsp3) is 0.412. The first-order chi connectivity index (χ1) is 12.2. The van der Waals surface area contributed by atoms with Crippen molar-refractivity contribution in [3.63, 3.8) is 0 Å². The summed E-state index contributed by atoms with van der Waals surface area (Å²) >= 11 is 1.53. The topological polar surface area (TPSA) is 73.1 Å². The van der Waals surface area contributed by atoms with Crippen LogP contribution in [-0.4, -0.2) is 33.4 Å². The summed E-state index contributed by atoms with van der Waals surface area (Å²) in [5.41, 5.74) is 0.731. The van der Waals surface area contributed by atoms with Gasteiger partial charge in [0.2, 0.25) is 5.13 Å². The number of methoxy groups -OCH3 is 1. The Labute approximate surface area is 148 Å². The van der Waals surface area contributed by atoms with Gasteiger partial charge >= 0.3 is 0 Å². The zero-order chi connectivity index (χ0) is 17.4. The Morgan fingerprint density at radius 1 is 1.32 bits per heavy atom. The van der Waals surface area contributed by atoms with E-state index < -0.39 is 0 Å². The molecule has 25 heavy (non-hydrogen) atoms. The first kappa shape index (κ1) is 16.2. The largest absolute Gasteiger partial charge is 0.377 e. The van der Waals surface area contributed by atoms with Crippen molar-refractivity contribution < 1.29 is 4.74 Å². The number of ether oxygens (including phenoxy) is 1. The molecule has 0 radical (unpaired) electrons. The summed E-state index contributed by atoms with van der Waals surface area (Å²) in [6, 6.07) is 7.52. The van der Waals surface area contributed by atoms with Crippen molar-refractivity contribution in [2.75, 3.05) is 18.6 Å². The van der Waals surface area contributed by atoms with Crippen LogP contribution in [0.2, 0.25) is 0 Å². The Morgan fingerprint density at radius 2 is 2.16 bits per heavy atom. The normalized spacial score (nSPS) is 17.5. The van der Waals surface area contributed by atoms with Crippen molar-refractivity contribution in [2.45, 2.75) is 25.5 Å². The number of hydrogen-bond donors (Lipinski definition) is 0. The fourth-order valence-electron chi connectivity index (χ4n) is 3.34. The maximum atomic E-state index is 12.7. The number of anilines is 1. The van der Waals surface area contributed by atoms with E-state index in [9.17, 15) is 4.79 Å². The van der Waals surface area contributed by atoms with Crippen molar-refractivity contribution in [3.05, 3.63) is 45.5 Å². The van der Waals surface area contributed by atoms with Gasteiger partial charge in [0.05, 0.1) is 16.9 Å². The highest BCUT2D eigenvalue weighted by atomic mass is 32.1. The molecular weight excluding hydrogens is 338 g/mol. The van der Waals surface area contributed by atoms with Gasteiger partial charge in [-0.1, -0.05) is 23.5 Å². The van der Waals surface area contributed by atoms with Crippen molar-refractivity contribution in [1.29, 1.82) is 0 Å². The average Bonchev–Trinajstić information content (AvgIpc) is 3.27. The molecule has 0 aliphatic carbocycles. The van der Waals surface area contributed by atoms with Crippen molar-refractivity contribution in [2.24, 2.45) is 7.05 Å². The molecule has 0 N–H and O–H groups in total. The first-order valence-electron chi connectivity index (χ1n) is 8.22. The van der Waals surface area contributed by atoms with Crippen LogP contribution < -0.4 is 10.5 Å². The molecule has 1 atom stereocenters. The predicted octanol–water partition coefficient (Wildman–Crippen LogP) is 2.27. The van der Waals surface area contributed by atoms with E-state index >= 15 is 0 Å². The molecule has 130 valence electrons. The molecule has 2 aromatic heterocycles. The minimum atomic E-state index is -0.00946. The number of para-hydroxylation sites is 1. The molecule has 4 rings (SSSR count). The minimum Gasteiger partial charge on any atom is -0.377 e. The van der Waals surface area contributed by atoms with E-state index in [2.05, 4.69) is 15.1 Å². The number of aromatic nitrogens is 4. The van der Waals surface area contributed by atoms with Gasteiger partial charge in [0.25, 0.3) is 5.56 Å². The summed E-state index contributed by atoms with van der Waals surface area (Å²) in [6.07, 6.45) is 1.98.